The van der Waals surface area contributed by atoms with Gasteiger partial charge in [0.2, 0.25) is 0 Å². The fraction of sp³-hybridized carbons (Fsp3) is 1.00. The van der Waals surface area contributed by atoms with Crippen LogP contribution in [0, 0.1) is 11.8 Å². The molecule has 0 aromatic rings. The Kier molecular flexibility index (Phi) is 12.9. The van der Waals surface area contributed by atoms with E-state index in [-0.39, 0.29) is 0 Å². The number of aliphatic hydroxyl groups excluding tert-OH is 2. The van der Waals surface area contributed by atoms with Gasteiger partial charge >= 0.3 is 0 Å². The zero-order chi connectivity index (χ0) is 13.1. The van der Waals surface area contributed by atoms with Crippen LogP contribution in [-0.4, -0.2) is 33.0 Å². The lowest BCUT2D eigenvalue weighted by Gasteiger charge is -2.08. The maximum atomic E-state index is 8.41. The average Bonchev–Trinajstić information content (AvgIpc) is 2.16. The lowest BCUT2D eigenvalue weighted by Crippen LogP contribution is -2.09. The van der Waals surface area contributed by atoms with Gasteiger partial charge in [-0.2, -0.15) is 0 Å². The SMILES string of the molecule is CCC(C)CC(O)O.CCC(C)CC(O)O. The zero-order valence-electron chi connectivity index (χ0n) is 10.9. The molecule has 4 N–H and O–H groups in total. The van der Waals surface area contributed by atoms with Gasteiger partial charge in [0, 0.05) is 12.8 Å². The maximum Gasteiger partial charge on any atom is 0.151 e. The third-order valence-corrected chi connectivity index (χ3v) is 2.62. The van der Waals surface area contributed by atoms with E-state index in [1.807, 2.05) is 27.7 Å². The van der Waals surface area contributed by atoms with E-state index in [9.17, 15) is 0 Å². The highest BCUT2D eigenvalue weighted by molar-refractivity contribution is 4.49. The summed E-state index contributed by atoms with van der Waals surface area (Å²) < 4.78 is 0. The predicted molar refractivity (Wildman–Crippen MR) is 64.6 cm³/mol. The van der Waals surface area contributed by atoms with Gasteiger partial charge in [0.05, 0.1) is 0 Å². The molecule has 4 heteroatoms. The molecule has 0 saturated carbocycles. The summed E-state index contributed by atoms with van der Waals surface area (Å²) in [6.45, 7) is 8.07. The van der Waals surface area contributed by atoms with Gasteiger partial charge in [0.25, 0.3) is 0 Å². The summed E-state index contributed by atoms with van der Waals surface area (Å²) in [5.74, 6) is 0.852. The average molecular weight is 236 g/mol. The Morgan fingerprint density at radius 2 is 0.938 bits per heavy atom. The molecule has 0 spiro atoms. The highest BCUT2D eigenvalue weighted by atomic mass is 16.5. The molecule has 0 bridgehead atoms. The molecule has 2 atom stereocenters. The van der Waals surface area contributed by atoms with E-state index in [2.05, 4.69) is 0 Å². The minimum Gasteiger partial charge on any atom is -0.368 e. The maximum absolute atomic E-state index is 8.41. The Hall–Kier alpha value is -0.160. The molecular formula is C12H28O4. The van der Waals surface area contributed by atoms with Crippen molar-refractivity contribution < 1.29 is 20.4 Å². The Morgan fingerprint density at radius 3 is 1.00 bits per heavy atom. The molecule has 2 unspecified atom stereocenters. The van der Waals surface area contributed by atoms with Gasteiger partial charge < -0.3 is 20.4 Å². The van der Waals surface area contributed by atoms with Gasteiger partial charge in [0.1, 0.15) is 0 Å². The lowest BCUT2D eigenvalue weighted by atomic mass is 10.1. The number of aliphatic hydroxyl groups is 4. The van der Waals surface area contributed by atoms with Crippen LogP contribution in [0.2, 0.25) is 0 Å². The molecule has 0 aromatic heterocycles. The van der Waals surface area contributed by atoms with Crippen LogP contribution in [0.25, 0.3) is 0 Å². The molecule has 0 amide bonds. The monoisotopic (exact) mass is 236 g/mol. The minimum absolute atomic E-state index is 0.426. The largest absolute Gasteiger partial charge is 0.368 e. The highest BCUT2D eigenvalue weighted by Gasteiger charge is 2.03. The summed E-state index contributed by atoms with van der Waals surface area (Å²) >= 11 is 0. The first-order valence-electron chi connectivity index (χ1n) is 6.05. The number of hydrogen-bond acceptors (Lipinski definition) is 4. The normalized spacial score (nSPS) is 14.6. The van der Waals surface area contributed by atoms with Crippen molar-refractivity contribution in [1.29, 1.82) is 0 Å². The molecule has 0 aliphatic rings. The first-order valence-corrected chi connectivity index (χ1v) is 6.05. The van der Waals surface area contributed by atoms with Crippen LogP contribution in [0.3, 0.4) is 0 Å². The molecule has 0 aliphatic heterocycles. The molecule has 4 nitrogen and oxygen atoms in total. The van der Waals surface area contributed by atoms with Crippen molar-refractivity contribution in [2.24, 2.45) is 11.8 Å². The molecule has 16 heavy (non-hydrogen) atoms. The van der Waals surface area contributed by atoms with Crippen LogP contribution in [0.1, 0.15) is 53.4 Å². The Labute approximate surface area is 98.9 Å². The lowest BCUT2D eigenvalue weighted by molar-refractivity contribution is -0.0554. The van der Waals surface area contributed by atoms with Crippen molar-refractivity contribution >= 4 is 0 Å². The van der Waals surface area contributed by atoms with Crippen LogP contribution < -0.4 is 0 Å². The second-order valence-electron chi connectivity index (χ2n) is 4.46. The second-order valence-corrected chi connectivity index (χ2v) is 4.46. The van der Waals surface area contributed by atoms with Gasteiger partial charge in [-0.05, 0) is 11.8 Å². The summed E-state index contributed by atoms with van der Waals surface area (Å²) in [6, 6.07) is 0. The summed E-state index contributed by atoms with van der Waals surface area (Å²) in [6.07, 6.45) is 0.775. The molecule has 0 aliphatic carbocycles. The fourth-order valence-electron chi connectivity index (χ4n) is 1.05. The topological polar surface area (TPSA) is 80.9 Å². The van der Waals surface area contributed by atoms with Gasteiger partial charge in [-0.1, -0.05) is 40.5 Å². The zero-order valence-corrected chi connectivity index (χ0v) is 10.9. The molecular weight excluding hydrogens is 208 g/mol. The minimum atomic E-state index is -1.12. The Bertz CT molecular complexity index is 121. The van der Waals surface area contributed by atoms with E-state index in [0.29, 0.717) is 24.7 Å². The van der Waals surface area contributed by atoms with Crippen LogP contribution in [0.4, 0.5) is 0 Å². The predicted octanol–water partition coefficient (Wildman–Crippen LogP) is 1.47. The van der Waals surface area contributed by atoms with Crippen molar-refractivity contribution in [3.05, 3.63) is 0 Å². The Morgan fingerprint density at radius 1 is 0.688 bits per heavy atom. The van der Waals surface area contributed by atoms with E-state index in [1.54, 1.807) is 0 Å². The number of rotatable bonds is 6. The summed E-state index contributed by atoms with van der Waals surface area (Å²) in [7, 11) is 0. The summed E-state index contributed by atoms with van der Waals surface area (Å²) in [5, 5.41) is 33.6. The quantitative estimate of drug-likeness (QED) is 0.526. The van der Waals surface area contributed by atoms with Gasteiger partial charge in [-0.15, -0.1) is 0 Å². The summed E-state index contributed by atoms with van der Waals surface area (Å²) in [5.41, 5.74) is 0. The van der Waals surface area contributed by atoms with Gasteiger partial charge in [-0.3, -0.25) is 0 Å². The third-order valence-electron chi connectivity index (χ3n) is 2.62. The van der Waals surface area contributed by atoms with E-state index in [0.717, 1.165) is 12.8 Å². The van der Waals surface area contributed by atoms with Crippen LogP contribution in [0.5, 0.6) is 0 Å². The smallest absolute Gasteiger partial charge is 0.151 e. The van der Waals surface area contributed by atoms with Crippen molar-refractivity contribution in [2.75, 3.05) is 0 Å². The van der Waals surface area contributed by atoms with E-state index in [1.165, 1.54) is 0 Å². The fourth-order valence-corrected chi connectivity index (χ4v) is 1.05. The number of hydrogen-bond donors (Lipinski definition) is 4. The molecule has 0 aromatic carbocycles. The van der Waals surface area contributed by atoms with Gasteiger partial charge in [0.15, 0.2) is 12.6 Å². The van der Waals surface area contributed by atoms with Crippen LogP contribution >= 0.6 is 0 Å². The first-order chi connectivity index (χ1) is 7.33. The second kappa shape index (κ2) is 11.3. The Balaban J connectivity index is 0. The van der Waals surface area contributed by atoms with Crippen molar-refractivity contribution in [3.63, 3.8) is 0 Å². The molecule has 100 valence electrons. The van der Waals surface area contributed by atoms with Crippen LogP contribution in [0.15, 0.2) is 0 Å². The standard InChI is InChI=1S/2C6H14O2/c2*1-3-5(2)4-6(7)8/h2*5-8H,3-4H2,1-2H3. The van der Waals surface area contributed by atoms with E-state index >= 15 is 0 Å². The molecule has 0 rings (SSSR count). The molecule has 0 radical (unpaired) electrons. The van der Waals surface area contributed by atoms with Crippen molar-refractivity contribution in [1.82, 2.24) is 0 Å². The van der Waals surface area contributed by atoms with Crippen molar-refractivity contribution in [3.8, 4) is 0 Å². The van der Waals surface area contributed by atoms with E-state index < -0.39 is 12.6 Å². The first kappa shape index (κ1) is 18.2. The molecule has 0 heterocycles. The van der Waals surface area contributed by atoms with Crippen LogP contribution in [-0.2, 0) is 0 Å². The third kappa shape index (κ3) is 16.3. The highest BCUT2D eigenvalue weighted by Crippen LogP contribution is 2.07. The van der Waals surface area contributed by atoms with Gasteiger partial charge in [-0.25, -0.2) is 0 Å². The van der Waals surface area contributed by atoms with E-state index in [4.69, 9.17) is 20.4 Å². The molecule has 0 saturated heterocycles. The molecule has 0 fully saturated rings. The summed E-state index contributed by atoms with van der Waals surface area (Å²) in [4.78, 5) is 0. The van der Waals surface area contributed by atoms with Crippen molar-refractivity contribution in [2.45, 2.75) is 66.0 Å².